The summed E-state index contributed by atoms with van der Waals surface area (Å²) in [6, 6.07) is 12.0. The van der Waals surface area contributed by atoms with Crippen LogP contribution in [0.1, 0.15) is 16.7 Å². The molecule has 2 N–H and O–H groups in total. The van der Waals surface area contributed by atoms with Crippen LogP contribution in [0, 0.1) is 23.2 Å². The lowest BCUT2D eigenvalue weighted by Crippen LogP contribution is -2.59. The number of nitrogens with one attached hydrogen (secondary N) is 2. The molecule has 0 saturated heterocycles. The van der Waals surface area contributed by atoms with E-state index in [1.165, 1.54) is 36.4 Å². The lowest BCUT2D eigenvalue weighted by Gasteiger charge is -2.38. The third kappa shape index (κ3) is 3.20. The van der Waals surface area contributed by atoms with Gasteiger partial charge in [-0.25, -0.2) is 0 Å². The van der Waals surface area contributed by atoms with Gasteiger partial charge in [0.25, 0.3) is 0 Å². The molecule has 0 aliphatic carbocycles. The van der Waals surface area contributed by atoms with E-state index < -0.39 is 11.7 Å². The first-order chi connectivity index (χ1) is 12.2. The standard InChI is InChI=1S/C18H9ClF3N3S/c19-13-4-5-15-14(9-13)17(18(20,21)22,25-16(26)24-15)7-6-11-2-1-3-12(8-11)10-23/h1-5,8-9H,(H2,24,25,26). The number of nitrogens with zero attached hydrogens (tertiary/aromatic N) is 1. The Kier molecular flexibility index (Phi) is 4.53. The zero-order chi connectivity index (χ0) is 18.9. The highest BCUT2D eigenvalue weighted by Gasteiger charge is 2.58. The molecule has 0 saturated carbocycles. The summed E-state index contributed by atoms with van der Waals surface area (Å²) in [5.41, 5.74) is -2.14. The Balaban J connectivity index is 2.22. The molecule has 0 radical (unpaired) electrons. The van der Waals surface area contributed by atoms with Crippen LogP contribution in [0.3, 0.4) is 0 Å². The van der Waals surface area contributed by atoms with Crippen molar-refractivity contribution in [3.8, 4) is 17.9 Å². The molecule has 2 aromatic rings. The molecule has 0 amide bonds. The average Bonchev–Trinajstić information content (AvgIpc) is 2.59. The van der Waals surface area contributed by atoms with Crippen LogP contribution in [0.5, 0.6) is 0 Å². The summed E-state index contributed by atoms with van der Waals surface area (Å²) in [7, 11) is 0. The number of thiocarbonyl (C=S) groups is 1. The Bertz CT molecular complexity index is 1000. The smallest absolute Gasteiger partial charge is 0.335 e. The fourth-order valence-electron chi connectivity index (χ4n) is 2.55. The van der Waals surface area contributed by atoms with Crippen LogP contribution in [-0.2, 0) is 5.54 Å². The third-order valence-corrected chi connectivity index (χ3v) is 4.19. The van der Waals surface area contributed by atoms with E-state index in [9.17, 15) is 13.2 Å². The topological polar surface area (TPSA) is 47.9 Å². The largest absolute Gasteiger partial charge is 0.427 e. The zero-order valence-electron chi connectivity index (χ0n) is 12.9. The Hall–Kier alpha value is -2.74. The van der Waals surface area contributed by atoms with Crippen LogP contribution in [0.15, 0.2) is 42.5 Å². The van der Waals surface area contributed by atoms with Gasteiger partial charge in [0.1, 0.15) is 0 Å². The first-order valence-electron chi connectivity index (χ1n) is 7.24. The molecule has 0 aromatic heterocycles. The SMILES string of the molecule is N#Cc1cccc(C#CC2(C(F)(F)F)NC(=S)Nc3ccc(Cl)cc32)c1. The highest BCUT2D eigenvalue weighted by atomic mass is 35.5. The molecular formula is C18H9ClF3N3S. The number of alkyl halides is 3. The minimum absolute atomic E-state index is 0.141. The highest BCUT2D eigenvalue weighted by molar-refractivity contribution is 7.80. The molecule has 0 bridgehead atoms. The van der Waals surface area contributed by atoms with Crippen LogP contribution in [0.4, 0.5) is 18.9 Å². The lowest BCUT2D eigenvalue weighted by atomic mass is 9.86. The van der Waals surface area contributed by atoms with Gasteiger partial charge in [0.2, 0.25) is 5.54 Å². The summed E-state index contributed by atoms with van der Waals surface area (Å²) < 4.78 is 42.2. The number of hydrogen-bond donors (Lipinski definition) is 2. The molecule has 0 spiro atoms. The van der Waals surface area contributed by atoms with Crippen LogP contribution in [0.25, 0.3) is 0 Å². The van der Waals surface area contributed by atoms with Crippen molar-refractivity contribution >= 4 is 34.6 Å². The second-order valence-electron chi connectivity index (χ2n) is 5.46. The number of anilines is 1. The van der Waals surface area contributed by atoms with E-state index in [4.69, 9.17) is 29.1 Å². The molecular weight excluding hydrogens is 383 g/mol. The molecule has 130 valence electrons. The van der Waals surface area contributed by atoms with Crippen LogP contribution < -0.4 is 10.6 Å². The monoisotopic (exact) mass is 391 g/mol. The van der Waals surface area contributed by atoms with Crippen molar-refractivity contribution in [3.63, 3.8) is 0 Å². The van der Waals surface area contributed by atoms with Crippen molar-refractivity contribution in [2.75, 3.05) is 5.32 Å². The number of nitriles is 1. The second-order valence-corrected chi connectivity index (χ2v) is 6.30. The molecule has 1 atom stereocenters. The summed E-state index contributed by atoms with van der Waals surface area (Å²) in [5, 5.41) is 13.8. The predicted molar refractivity (Wildman–Crippen MR) is 96.6 cm³/mol. The summed E-state index contributed by atoms with van der Waals surface area (Å²) >= 11 is 10.8. The van der Waals surface area contributed by atoms with Crippen LogP contribution >= 0.6 is 23.8 Å². The fraction of sp³-hybridized carbons (Fsp3) is 0.111. The number of fused-ring (bicyclic) bond motifs is 1. The van der Waals surface area contributed by atoms with E-state index in [0.717, 1.165) is 0 Å². The van der Waals surface area contributed by atoms with Gasteiger partial charge in [-0.1, -0.05) is 29.5 Å². The van der Waals surface area contributed by atoms with Crippen LogP contribution in [-0.4, -0.2) is 11.3 Å². The van der Waals surface area contributed by atoms with Gasteiger partial charge in [-0.15, -0.1) is 0 Å². The zero-order valence-corrected chi connectivity index (χ0v) is 14.5. The summed E-state index contributed by atoms with van der Waals surface area (Å²) in [6.45, 7) is 0. The van der Waals surface area contributed by atoms with E-state index in [0.29, 0.717) is 5.56 Å². The van der Waals surface area contributed by atoms with Gasteiger partial charge in [-0.3, -0.25) is 0 Å². The van der Waals surface area contributed by atoms with E-state index in [1.54, 1.807) is 6.07 Å². The molecule has 1 unspecified atom stereocenters. The number of rotatable bonds is 0. The Labute approximate surface area is 157 Å². The molecule has 3 rings (SSSR count). The van der Waals surface area contributed by atoms with Crippen LogP contribution in [0.2, 0.25) is 5.02 Å². The molecule has 1 heterocycles. The van der Waals surface area contributed by atoms with Gasteiger partial charge in [-0.2, -0.15) is 18.4 Å². The number of benzene rings is 2. The molecule has 3 nitrogen and oxygen atoms in total. The number of halogens is 4. The lowest BCUT2D eigenvalue weighted by molar-refractivity contribution is -0.177. The summed E-state index contributed by atoms with van der Waals surface area (Å²) in [4.78, 5) is 0. The normalized spacial score (nSPS) is 18.5. The Morgan fingerprint density at radius 3 is 2.54 bits per heavy atom. The Morgan fingerprint density at radius 2 is 1.85 bits per heavy atom. The van der Waals surface area contributed by atoms with Gasteiger partial charge in [0.05, 0.1) is 11.6 Å². The van der Waals surface area contributed by atoms with Crippen molar-refractivity contribution in [2.24, 2.45) is 0 Å². The van der Waals surface area contributed by atoms with Crippen molar-refractivity contribution in [1.29, 1.82) is 5.26 Å². The van der Waals surface area contributed by atoms with Gasteiger partial charge >= 0.3 is 6.18 Å². The van der Waals surface area contributed by atoms with Gasteiger partial charge < -0.3 is 10.6 Å². The van der Waals surface area contributed by atoms with Crippen molar-refractivity contribution in [1.82, 2.24) is 5.32 Å². The third-order valence-electron chi connectivity index (χ3n) is 3.75. The number of hydrogen-bond acceptors (Lipinski definition) is 2. The molecule has 0 fully saturated rings. The maximum Gasteiger partial charge on any atom is 0.427 e. The average molecular weight is 392 g/mol. The second kappa shape index (κ2) is 6.53. The van der Waals surface area contributed by atoms with E-state index in [2.05, 4.69) is 22.5 Å². The fourth-order valence-corrected chi connectivity index (χ4v) is 2.99. The van der Waals surface area contributed by atoms with E-state index in [1.807, 2.05) is 6.07 Å². The maximum absolute atomic E-state index is 14.1. The van der Waals surface area contributed by atoms with E-state index in [-0.39, 0.29) is 26.9 Å². The van der Waals surface area contributed by atoms with Gasteiger partial charge in [0, 0.05) is 21.8 Å². The first-order valence-corrected chi connectivity index (χ1v) is 8.03. The maximum atomic E-state index is 14.1. The minimum atomic E-state index is -4.78. The highest BCUT2D eigenvalue weighted by Crippen LogP contribution is 2.44. The molecule has 1 aliphatic heterocycles. The molecule has 26 heavy (non-hydrogen) atoms. The quantitative estimate of drug-likeness (QED) is 0.518. The molecule has 2 aromatic carbocycles. The minimum Gasteiger partial charge on any atom is -0.335 e. The first kappa shape index (κ1) is 18.1. The van der Waals surface area contributed by atoms with Crippen molar-refractivity contribution in [2.45, 2.75) is 11.7 Å². The summed E-state index contributed by atoms with van der Waals surface area (Å²) in [6.07, 6.45) is -4.78. The van der Waals surface area contributed by atoms with Gasteiger partial charge in [0.15, 0.2) is 5.11 Å². The molecule has 1 aliphatic rings. The van der Waals surface area contributed by atoms with Crippen molar-refractivity contribution < 1.29 is 13.2 Å². The van der Waals surface area contributed by atoms with E-state index >= 15 is 0 Å². The predicted octanol–water partition coefficient (Wildman–Crippen LogP) is 4.32. The van der Waals surface area contributed by atoms with Crippen molar-refractivity contribution in [3.05, 3.63) is 64.2 Å². The molecule has 8 heteroatoms. The van der Waals surface area contributed by atoms with Gasteiger partial charge in [-0.05, 0) is 48.6 Å². The summed E-state index contributed by atoms with van der Waals surface area (Å²) in [5.74, 6) is 4.78. The Morgan fingerprint density at radius 1 is 1.12 bits per heavy atom.